The van der Waals surface area contributed by atoms with E-state index in [1.54, 1.807) is 6.08 Å². The summed E-state index contributed by atoms with van der Waals surface area (Å²) in [6, 6.07) is 2.06. The number of hydrogen-bond donors (Lipinski definition) is 1. The van der Waals surface area contributed by atoms with Crippen LogP contribution in [0.5, 0.6) is 5.75 Å². The van der Waals surface area contributed by atoms with Crippen LogP contribution in [0.15, 0.2) is 18.2 Å². The Morgan fingerprint density at radius 3 is 2.75 bits per heavy atom. The van der Waals surface area contributed by atoms with E-state index in [1.807, 2.05) is 13.1 Å². The maximum Gasteiger partial charge on any atom is 0.168 e. The number of benzene rings is 1. The van der Waals surface area contributed by atoms with E-state index in [2.05, 4.69) is 5.32 Å². The maximum atomic E-state index is 13.3. The molecule has 0 spiro atoms. The second kappa shape index (κ2) is 6.23. The Hall–Kier alpha value is -1.42. The van der Waals surface area contributed by atoms with Gasteiger partial charge in [0.25, 0.3) is 0 Å². The van der Waals surface area contributed by atoms with Gasteiger partial charge in [-0.3, -0.25) is 0 Å². The van der Waals surface area contributed by atoms with Gasteiger partial charge < -0.3 is 10.1 Å². The van der Waals surface area contributed by atoms with Gasteiger partial charge in [-0.2, -0.15) is 0 Å². The highest BCUT2D eigenvalue weighted by atomic mass is 19.1. The summed E-state index contributed by atoms with van der Waals surface area (Å²) in [6.45, 7) is 0.816. The van der Waals surface area contributed by atoms with Crippen molar-refractivity contribution in [2.45, 2.75) is 6.42 Å². The summed E-state index contributed by atoms with van der Waals surface area (Å²) in [5.74, 6) is -1.22. The first-order valence-corrected chi connectivity index (χ1v) is 5.03. The summed E-state index contributed by atoms with van der Waals surface area (Å²) >= 11 is 0. The Balaban J connectivity index is 2.89. The summed E-state index contributed by atoms with van der Waals surface area (Å²) in [5.41, 5.74) is 0.413. The van der Waals surface area contributed by atoms with Gasteiger partial charge >= 0.3 is 0 Å². The molecule has 2 nitrogen and oxygen atoms in total. The Kier molecular flexibility index (Phi) is 4.92. The molecule has 0 aliphatic carbocycles. The highest BCUT2D eigenvalue weighted by molar-refractivity contribution is 5.57. The third kappa shape index (κ3) is 3.31. The molecular weight excluding hydrogens is 212 g/mol. The second-order valence-electron chi connectivity index (χ2n) is 3.30. The van der Waals surface area contributed by atoms with Crippen LogP contribution >= 0.6 is 0 Å². The highest BCUT2D eigenvalue weighted by Gasteiger charge is 2.09. The van der Waals surface area contributed by atoms with Crippen molar-refractivity contribution < 1.29 is 13.5 Å². The van der Waals surface area contributed by atoms with Crippen molar-refractivity contribution in [1.29, 1.82) is 0 Å². The van der Waals surface area contributed by atoms with Crippen molar-refractivity contribution in [3.8, 4) is 5.75 Å². The summed E-state index contributed by atoms with van der Waals surface area (Å²) in [5, 5.41) is 2.97. The summed E-state index contributed by atoms with van der Waals surface area (Å²) < 4.78 is 31.1. The lowest BCUT2D eigenvalue weighted by Gasteiger charge is -2.06. The quantitative estimate of drug-likeness (QED) is 0.781. The lowest BCUT2D eigenvalue weighted by molar-refractivity contribution is 0.383. The first-order chi connectivity index (χ1) is 7.69. The van der Waals surface area contributed by atoms with Gasteiger partial charge in [0.05, 0.1) is 7.11 Å². The molecule has 88 valence electrons. The summed E-state index contributed by atoms with van der Waals surface area (Å²) in [6.07, 6.45) is 4.29. The van der Waals surface area contributed by atoms with Crippen LogP contribution in [0.4, 0.5) is 8.78 Å². The smallest absolute Gasteiger partial charge is 0.168 e. The number of rotatable bonds is 5. The van der Waals surface area contributed by atoms with E-state index >= 15 is 0 Å². The number of hydrogen-bond acceptors (Lipinski definition) is 2. The molecule has 0 aromatic heterocycles. The molecule has 1 N–H and O–H groups in total. The fraction of sp³-hybridized carbons (Fsp3) is 0.333. The normalized spacial score (nSPS) is 11.0. The van der Waals surface area contributed by atoms with Crippen molar-refractivity contribution >= 4 is 6.08 Å². The molecule has 0 unspecified atom stereocenters. The summed E-state index contributed by atoms with van der Waals surface area (Å²) in [7, 11) is 3.21. The van der Waals surface area contributed by atoms with Crippen LogP contribution in [0.2, 0.25) is 0 Å². The molecule has 0 bridgehead atoms. The van der Waals surface area contributed by atoms with Gasteiger partial charge in [-0.15, -0.1) is 0 Å². The molecule has 0 heterocycles. The Labute approximate surface area is 93.9 Å². The number of nitrogens with one attached hydrogen (secondary N) is 1. The Morgan fingerprint density at radius 1 is 1.38 bits per heavy atom. The van der Waals surface area contributed by atoms with Crippen molar-refractivity contribution in [2.24, 2.45) is 0 Å². The minimum Gasteiger partial charge on any atom is -0.493 e. The SMILES string of the molecule is CNCCC=Cc1cc(F)cc(F)c1OC. The van der Waals surface area contributed by atoms with Gasteiger partial charge in [0.1, 0.15) is 5.82 Å². The minimum atomic E-state index is -0.684. The zero-order valence-corrected chi connectivity index (χ0v) is 9.39. The summed E-state index contributed by atoms with van der Waals surface area (Å²) in [4.78, 5) is 0. The first-order valence-electron chi connectivity index (χ1n) is 5.03. The second-order valence-corrected chi connectivity index (χ2v) is 3.30. The molecule has 0 fully saturated rings. The van der Waals surface area contributed by atoms with Crippen molar-refractivity contribution in [2.75, 3.05) is 20.7 Å². The fourth-order valence-electron chi connectivity index (χ4n) is 1.36. The van der Waals surface area contributed by atoms with Crippen LogP contribution in [0.1, 0.15) is 12.0 Å². The maximum absolute atomic E-state index is 13.3. The highest BCUT2D eigenvalue weighted by Crippen LogP contribution is 2.25. The van der Waals surface area contributed by atoms with Gasteiger partial charge in [0.15, 0.2) is 11.6 Å². The average molecular weight is 227 g/mol. The van der Waals surface area contributed by atoms with E-state index < -0.39 is 11.6 Å². The molecule has 4 heteroatoms. The molecule has 0 radical (unpaired) electrons. The van der Waals surface area contributed by atoms with Gasteiger partial charge in [0.2, 0.25) is 0 Å². The average Bonchev–Trinajstić information content (AvgIpc) is 2.24. The molecule has 0 atom stereocenters. The van der Waals surface area contributed by atoms with Crippen LogP contribution < -0.4 is 10.1 Å². The third-order valence-corrected chi connectivity index (χ3v) is 2.10. The van der Waals surface area contributed by atoms with E-state index in [-0.39, 0.29) is 5.75 Å². The van der Waals surface area contributed by atoms with E-state index in [4.69, 9.17) is 4.74 Å². The molecule has 1 aromatic rings. The number of ether oxygens (including phenoxy) is 1. The van der Waals surface area contributed by atoms with E-state index in [0.29, 0.717) is 5.56 Å². The lowest BCUT2D eigenvalue weighted by atomic mass is 10.1. The minimum absolute atomic E-state index is 0.0714. The van der Waals surface area contributed by atoms with E-state index in [1.165, 1.54) is 13.2 Å². The predicted octanol–water partition coefficient (Wildman–Crippen LogP) is 2.60. The van der Waals surface area contributed by atoms with Gasteiger partial charge in [-0.25, -0.2) is 8.78 Å². The molecule has 1 rings (SSSR count). The molecule has 0 aliphatic heterocycles. The monoisotopic (exact) mass is 227 g/mol. The van der Waals surface area contributed by atoms with Gasteiger partial charge in [-0.05, 0) is 26.1 Å². The molecule has 0 aliphatic rings. The molecular formula is C12H15F2NO. The van der Waals surface area contributed by atoms with Crippen LogP contribution in [0, 0.1) is 11.6 Å². The van der Waals surface area contributed by atoms with Crippen molar-refractivity contribution in [3.63, 3.8) is 0 Å². The first kappa shape index (κ1) is 12.6. The van der Waals surface area contributed by atoms with Crippen molar-refractivity contribution in [3.05, 3.63) is 35.4 Å². The van der Waals surface area contributed by atoms with Crippen LogP contribution in [-0.4, -0.2) is 20.7 Å². The zero-order chi connectivity index (χ0) is 12.0. The van der Waals surface area contributed by atoms with E-state index in [0.717, 1.165) is 19.0 Å². The van der Waals surface area contributed by atoms with Crippen LogP contribution in [0.25, 0.3) is 6.08 Å². The van der Waals surface area contributed by atoms with Crippen molar-refractivity contribution in [1.82, 2.24) is 5.32 Å². The zero-order valence-electron chi connectivity index (χ0n) is 9.39. The predicted molar refractivity (Wildman–Crippen MR) is 60.5 cm³/mol. The standard InChI is InChI=1S/C12H15F2NO/c1-15-6-4-3-5-9-7-10(13)8-11(14)12(9)16-2/h3,5,7-8,15H,4,6H2,1-2H3. The number of halogens is 2. The molecule has 1 aromatic carbocycles. The van der Waals surface area contributed by atoms with Crippen LogP contribution in [0.3, 0.4) is 0 Å². The Bertz CT molecular complexity index is 378. The molecule has 0 saturated heterocycles. The molecule has 0 amide bonds. The molecule has 0 saturated carbocycles. The fourth-order valence-corrected chi connectivity index (χ4v) is 1.36. The topological polar surface area (TPSA) is 21.3 Å². The number of methoxy groups -OCH3 is 1. The molecule has 16 heavy (non-hydrogen) atoms. The van der Waals surface area contributed by atoms with Crippen LogP contribution in [-0.2, 0) is 0 Å². The largest absolute Gasteiger partial charge is 0.493 e. The van der Waals surface area contributed by atoms with E-state index in [9.17, 15) is 8.78 Å². The van der Waals surface area contributed by atoms with Gasteiger partial charge in [-0.1, -0.05) is 12.2 Å². The Morgan fingerprint density at radius 2 is 2.12 bits per heavy atom. The van der Waals surface area contributed by atoms with Gasteiger partial charge in [0, 0.05) is 11.6 Å². The third-order valence-electron chi connectivity index (χ3n) is 2.10. The lowest BCUT2D eigenvalue weighted by Crippen LogP contribution is -2.05.